The van der Waals surface area contributed by atoms with Crippen LogP contribution in [0.5, 0.6) is 0 Å². The second-order valence-corrected chi connectivity index (χ2v) is 15.8. The topological polar surface area (TPSA) is 103 Å². The lowest BCUT2D eigenvalue weighted by atomic mass is 10.0. The number of fused-ring (bicyclic) bond motifs is 2. The third-order valence-electron chi connectivity index (χ3n) is 6.74. The third-order valence-corrected chi connectivity index (χ3v) is 11.8. The molecule has 1 spiro atoms. The molecule has 4 atom stereocenters. The van der Waals surface area contributed by atoms with Gasteiger partial charge in [0, 0.05) is 29.4 Å². The van der Waals surface area contributed by atoms with Gasteiger partial charge < -0.3 is 27.8 Å². The molecule has 186 valence electrons. The first-order chi connectivity index (χ1) is 15.4. The molecule has 1 aromatic rings. The monoisotopic (exact) mass is 484 g/mol. The van der Waals surface area contributed by atoms with Gasteiger partial charge in [-0.15, -0.1) is 0 Å². The fourth-order valence-electron chi connectivity index (χ4n) is 5.25. The molecule has 1 aromatic heterocycles. The van der Waals surface area contributed by atoms with Gasteiger partial charge in [-0.05, 0) is 0 Å². The third kappa shape index (κ3) is 3.97. The summed E-state index contributed by atoms with van der Waals surface area (Å²) in [6.07, 6.45) is 0.0136. The number of ether oxygens (including phenoxy) is 4. The maximum atomic E-state index is 13.2. The van der Waals surface area contributed by atoms with Crippen molar-refractivity contribution in [2.45, 2.75) is 82.4 Å². The van der Waals surface area contributed by atoms with E-state index < -0.39 is 31.6 Å². The second kappa shape index (κ2) is 8.40. The van der Waals surface area contributed by atoms with Crippen molar-refractivity contribution in [3.05, 3.63) is 33.1 Å². The van der Waals surface area contributed by atoms with Crippen molar-refractivity contribution in [3.63, 3.8) is 0 Å². The van der Waals surface area contributed by atoms with E-state index in [2.05, 4.69) is 41.5 Å². The maximum absolute atomic E-state index is 13.2. The summed E-state index contributed by atoms with van der Waals surface area (Å²) in [5, 5.41) is -0.373. The number of methoxy groups -OCH3 is 1. The van der Waals surface area contributed by atoms with Gasteiger partial charge in [-0.2, -0.15) is 0 Å². The van der Waals surface area contributed by atoms with Crippen LogP contribution in [0.1, 0.15) is 47.8 Å². The van der Waals surface area contributed by atoms with Crippen LogP contribution in [0.4, 0.5) is 0 Å². The summed E-state index contributed by atoms with van der Waals surface area (Å²) in [6, 6.07) is 1.34. The molecule has 11 heteroatoms. The molecule has 0 radical (unpaired) electrons. The predicted octanol–water partition coefficient (Wildman–Crippen LogP) is 1.75. The van der Waals surface area contributed by atoms with Crippen molar-refractivity contribution in [1.29, 1.82) is 0 Å². The molecule has 3 aliphatic rings. The number of hydrogen-bond acceptors (Lipinski definition) is 8. The van der Waals surface area contributed by atoms with Crippen LogP contribution in [0, 0.1) is 0 Å². The van der Waals surface area contributed by atoms with Crippen LogP contribution < -0.4 is 11.2 Å². The van der Waals surface area contributed by atoms with Gasteiger partial charge in [-0.1, -0.05) is 41.5 Å². The molecule has 3 aliphatic heterocycles. The molecule has 4 rings (SSSR count). The van der Waals surface area contributed by atoms with Crippen LogP contribution in [-0.4, -0.2) is 69.0 Å². The SMILES string of the molecule is COCCOCn1c(=O)ccn([C@@H]2O[C@@H]3CO[Si](C(C)(C)C)(C(C)(C)C)O[C@H]3[C@]23CO3)c1=O. The van der Waals surface area contributed by atoms with Gasteiger partial charge in [0.25, 0.3) is 5.56 Å². The van der Waals surface area contributed by atoms with Crippen LogP contribution in [0.25, 0.3) is 0 Å². The highest BCUT2D eigenvalue weighted by Gasteiger charge is 2.73. The van der Waals surface area contributed by atoms with Crippen molar-refractivity contribution in [3.8, 4) is 0 Å². The Kier molecular flexibility index (Phi) is 6.31. The Hall–Kier alpha value is -1.34. The van der Waals surface area contributed by atoms with Gasteiger partial charge in [0.2, 0.25) is 0 Å². The summed E-state index contributed by atoms with van der Waals surface area (Å²) in [4.78, 5) is 25.6. The van der Waals surface area contributed by atoms with E-state index in [0.717, 1.165) is 4.57 Å². The Bertz CT molecular complexity index is 974. The fraction of sp³-hybridized carbons (Fsp3) is 0.818. The highest BCUT2D eigenvalue weighted by atomic mass is 28.4. The zero-order valence-electron chi connectivity index (χ0n) is 20.6. The first-order valence-corrected chi connectivity index (χ1v) is 13.2. The van der Waals surface area contributed by atoms with Gasteiger partial charge in [-0.3, -0.25) is 9.36 Å². The second-order valence-electron chi connectivity index (χ2n) is 11.0. The normalized spacial score (nSPS) is 31.1. The van der Waals surface area contributed by atoms with E-state index in [9.17, 15) is 9.59 Å². The van der Waals surface area contributed by atoms with Crippen LogP contribution in [0.15, 0.2) is 21.9 Å². The Morgan fingerprint density at radius 2 is 1.82 bits per heavy atom. The molecule has 0 unspecified atom stereocenters. The van der Waals surface area contributed by atoms with E-state index in [-0.39, 0.29) is 35.6 Å². The molecule has 3 fully saturated rings. The minimum absolute atomic E-state index is 0.168. The number of rotatable bonds is 6. The lowest BCUT2D eigenvalue weighted by molar-refractivity contribution is -0.0814. The number of aromatic nitrogens is 2. The highest BCUT2D eigenvalue weighted by molar-refractivity contribution is 6.73. The van der Waals surface area contributed by atoms with E-state index in [1.54, 1.807) is 7.11 Å². The van der Waals surface area contributed by atoms with Crippen molar-refractivity contribution in [2.24, 2.45) is 0 Å². The molecule has 0 aromatic carbocycles. The average Bonchev–Trinajstić information content (AvgIpc) is 3.45. The Labute approximate surface area is 194 Å². The average molecular weight is 485 g/mol. The van der Waals surface area contributed by atoms with Gasteiger partial charge in [0.05, 0.1) is 26.4 Å². The highest BCUT2D eigenvalue weighted by Crippen LogP contribution is 2.60. The number of epoxide rings is 1. The Morgan fingerprint density at radius 3 is 2.39 bits per heavy atom. The maximum Gasteiger partial charge on any atom is 0.349 e. The molecule has 0 bridgehead atoms. The Balaban J connectivity index is 1.65. The van der Waals surface area contributed by atoms with E-state index >= 15 is 0 Å². The molecule has 33 heavy (non-hydrogen) atoms. The molecular formula is C22H36N2O8Si. The zero-order chi connectivity index (χ0) is 24.2. The quantitative estimate of drug-likeness (QED) is 0.342. The smallest absolute Gasteiger partial charge is 0.349 e. The van der Waals surface area contributed by atoms with E-state index in [1.807, 2.05) is 0 Å². The van der Waals surface area contributed by atoms with Crippen molar-refractivity contribution in [1.82, 2.24) is 9.13 Å². The summed E-state index contributed by atoms with van der Waals surface area (Å²) >= 11 is 0. The first-order valence-electron chi connectivity index (χ1n) is 11.4. The van der Waals surface area contributed by atoms with Gasteiger partial charge >= 0.3 is 14.3 Å². The molecule has 4 heterocycles. The van der Waals surface area contributed by atoms with Crippen LogP contribution >= 0.6 is 0 Å². The summed E-state index contributed by atoms with van der Waals surface area (Å²) < 4.78 is 38.5. The molecular weight excluding hydrogens is 448 g/mol. The van der Waals surface area contributed by atoms with E-state index in [0.29, 0.717) is 19.8 Å². The summed E-state index contributed by atoms with van der Waals surface area (Å²) in [5.74, 6) is 0. The molecule has 0 N–H and O–H groups in total. The minimum atomic E-state index is -2.74. The lowest BCUT2D eigenvalue weighted by Crippen LogP contribution is -2.65. The van der Waals surface area contributed by atoms with Gasteiger partial charge in [0.1, 0.15) is 18.9 Å². The van der Waals surface area contributed by atoms with E-state index in [4.69, 9.17) is 27.8 Å². The van der Waals surface area contributed by atoms with Crippen LogP contribution in [-0.2, 0) is 34.5 Å². The summed E-state index contributed by atoms with van der Waals surface area (Å²) in [7, 11) is -1.19. The molecule has 10 nitrogen and oxygen atoms in total. The fourth-order valence-corrected chi connectivity index (χ4v) is 10.3. The molecule has 3 saturated heterocycles. The van der Waals surface area contributed by atoms with Gasteiger partial charge in [0.15, 0.2) is 11.8 Å². The standard InChI is InChI=1S/C22H36N2O8Si/c1-20(2,3)33(21(4,5)6)30-12-15-17(32-33)22(13-29-22)18(31-15)23-9-8-16(25)24(19(23)26)14-28-11-10-27-7/h8-9,15,17-18H,10-14H2,1-7H3/t15-,17-,18-,22-/m1/s1. The molecule has 0 saturated carbocycles. The van der Waals surface area contributed by atoms with E-state index in [1.165, 1.54) is 16.8 Å². The molecule has 0 amide bonds. The van der Waals surface area contributed by atoms with Gasteiger partial charge in [-0.25, -0.2) is 9.36 Å². The lowest BCUT2D eigenvalue weighted by Gasteiger charge is -2.53. The van der Waals surface area contributed by atoms with Crippen molar-refractivity contribution >= 4 is 8.56 Å². The molecule has 0 aliphatic carbocycles. The Morgan fingerprint density at radius 1 is 1.15 bits per heavy atom. The summed E-state index contributed by atoms with van der Waals surface area (Å²) in [6.45, 7) is 14.2. The number of nitrogens with zero attached hydrogens (tertiary/aromatic N) is 2. The van der Waals surface area contributed by atoms with Crippen LogP contribution in [0.2, 0.25) is 10.1 Å². The number of hydrogen-bond donors (Lipinski definition) is 0. The minimum Gasteiger partial charge on any atom is -0.391 e. The largest absolute Gasteiger partial charge is 0.391 e. The zero-order valence-corrected chi connectivity index (χ0v) is 21.6. The van der Waals surface area contributed by atoms with Crippen molar-refractivity contribution < 1.29 is 27.8 Å². The first kappa shape index (κ1) is 24.8. The summed E-state index contributed by atoms with van der Waals surface area (Å²) in [5.41, 5.74) is -1.75. The van der Waals surface area contributed by atoms with Crippen molar-refractivity contribution in [2.75, 3.05) is 33.5 Å². The predicted molar refractivity (Wildman–Crippen MR) is 121 cm³/mol. The van der Waals surface area contributed by atoms with Crippen LogP contribution in [0.3, 0.4) is 0 Å².